The molecule has 0 bridgehead atoms. The van der Waals surface area contributed by atoms with Crippen molar-refractivity contribution in [3.63, 3.8) is 0 Å². The van der Waals surface area contributed by atoms with Crippen LogP contribution in [-0.4, -0.2) is 23.2 Å². The van der Waals surface area contributed by atoms with Gasteiger partial charge in [0, 0.05) is 5.56 Å². The predicted octanol–water partition coefficient (Wildman–Crippen LogP) is 8.65. The third-order valence-electron chi connectivity index (χ3n) is 6.09. The largest absolute Gasteiger partial charge is 0.493 e. The summed E-state index contributed by atoms with van der Waals surface area (Å²) >= 11 is 0. The number of aromatic nitrogens is 2. The molecule has 1 aromatic heterocycles. The number of nitrogens with zero attached hydrogens (tertiary/aromatic N) is 2. The molecule has 0 amide bonds. The van der Waals surface area contributed by atoms with Crippen molar-refractivity contribution in [2.24, 2.45) is 5.92 Å². The summed E-state index contributed by atoms with van der Waals surface area (Å²) in [5, 5.41) is 0. The van der Waals surface area contributed by atoms with Crippen LogP contribution >= 0.6 is 0 Å². The lowest BCUT2D eigenvalue weighted by Crippen LogP contribution is -2.08. The summed E-state index contributed by atoms with van der Waals surface area (Å²) in [7, 11) is 0. The Bertz CT molecular complexity index is 715. The second kappa shape index (κ2) is 17.4. The lowest BCUT2D eigenvalue weighted by molar-refractivity contribution is 0.249. The first-order valence-electron chi connectivity index (χ1n) is 13.4. The molecule has 0 aliphatic heterocycles. The zero-order chi connectivity index (χ0) is 23.6. The van der Waals surface area contributed by atoms with Crippen LogP contribution in [0.5, 0.6) is 11.5 Å². The average Bonchev–Trinajstić information content (AvgIpc) is 2.85. The number of rotatable bonds is 19. The molecule has 4 heteroatoms. The lowest BCUT2D eigenvalue weighted by Gasteiger charge is -2.13. The maximum atomic E-state index is 5.97. The van der Waals surface area contributed by atoms with Crippen LogP contribution in [0.4, 0.5) is 0 Å². The van der Waals surface area contributed by atoms with Gasteiger partial charge < -0.3 is 9.47 Å². The molecule has 2 rings (SSSR count). The highest BCUT2D eigenvalue weighted by atomic mass is 16.5. The first kappa shape index (κ1) is 27.1. The second-order valence-corrected chi connectivity index (χ2v) is 9.36. The summed E-state index contributed by atoms with van der Waals surface area (Å²) in [5.74, 6) is 2.95. The van der Waals surface area contributed by atoms with Crippen LogP contribution < -0.4 is 9.47 Å². The lowest BCUT2D eigenvalue weighted by atomic mass is 10.0. The second-order valence-electron chi connectivity index (χ2n) is 9.36. The van der Waals surface area contributed by atoms with Crippen LogP contribution in [0.2, 0.25) is 0 Å². The maximum absolute atomic E-state index is 5.97. The monoisotopic (exact) mass is 454 g/mol. The molecular formula is C29H46N2O2. The highest BCUT2D eigenvalue weighted by molar-refractivity contribution is 5.56. The van der Waals surface area contributed by atoms with Crippen molar-refractivity contribution in [3.8, 4) is 22.9 Å². The standard InChI is InChI=1S/C29H46N2O2/c1-4-6-8-10-11-12-13-15-21-32-28-22-30-29(31-23-28)26-17-19-27(20-18-26)33-24-25(3)16-14-9-7-5-2/h17-20,22-23,25H,4-16,21,24H2,1-3H3. The molecule has 1 atom stereocenters. The van der Waals surface area contributed by atoms with Crippen LogP contribution in [0.15, 0.2) is 36.7 Å². The first-order chi connectivity index (χ1) is 16.2. The smallest absolute Gasteiger partial charge is 0.159 e. The number of ether oxygens (including phenoxy) is 2. The van der Waals surface area contributed by atoms with Gasteiger partial charge in [-0.25, -0.2) is 9.97 Å². The van der Waals surface area contributed by atoms with Crippen LogP contribution in [-0.2, 0) is 0 Å². The van der Waals surface area contributed by atoms with Gasteiger partial charge in [-0.05, 0) is 43.0 Å². The third kappa shape index (κ3) is 12.1. The van der Waals surface area contributed by atoms with Crippen molar-refractivity contribution in [2.45, 2.75) is 104 Å². The van der Waals surface area contributed by atoms with E-state index in [1.54, 1.807) is 12.4 Å². The topological polar surface area (TPSA) is 44.2 Å². The Morgan fingerprint density at radius 1 is 0.667 bits per heavy atom. The van der Waals surface area contributed by atoms with Crippen molar-refractivity contribution in [1.82, 2.24) is 9.97 Å². The fraction of sp³-hybridized carbons (Fsp3) is 0.655. The van der Waals surface area contributed by atoms with E-state index in [9.17, 15) is 0 Å². The van der Waals surface area contributed by atoms with Crippen molar-refractivity contribution in [1.29, 1.82) is 0 Å². The van der Waals surface area contributed by atoms with Crippen LogP contribution in [0.25, 0.3) is 11.4 Å². The molecule has 0 aliphatic carbocycles. The van der Waals surface area contributed by atoms with E-state index in [4.69, 9.17) is 9.47 Å². The van der Waals surface area contributed by atoms with E-state index in [1.807, 2.05) is 24.3 Å². The Kier molecular flexibility index (Phi) is 14.3. The summed E-state index contributed by atoms with van der Waals surface area (Å²) in [4.78, 5) is 8.96. The minimum atomic E-state index is 0.586. The van der Waals surface area contributed by atoms with Gasteiger partial charge in [-0.1, -0.05) is 91.4 Å². The molecule has 184 valence electrons. The normalized spacial score (nSPS) is 12.0. The van der Waals surface area contributed by atoms with E-state index >= 15 is 0 Å². The molecule has 0 saturated carbocycles. The highest BCUT2D eigenvalue weighted by Gasteiger charge is 2.06. The molecule has 0 aliphatic rings. The molecule has 4 nitrogen and oxygen atoms in total. The molecule has 0 N–H and O–H groups in total. The molecule has 0 saturated heterocycles. The summed E-state index contributed by atoms with van der Waals surface area (Å²) in [6.45, 7) is 8.29. The Morgan fingerprint density at radius 2 is 1.24 bits per heavy atom. The number of hydrogen-bond donors (Lipinski definition) is 0. The summed E-state index contributed by atoms with van der Waals surface area (Å²) < 4.78 is 11.8. The summed E-state index contributed by atoms with van der Waals surface area (Å²) in [6, 6.07) is 8.07. The fourth-order valence-corrected chi connectivity index (χ4v) is 3.91. The summed E-state index contributed by atoms with van der Waals surface area (Å²) in [6.07, 6.45) is 20.5. The van der Waals surface area contributed by atoms with Gasteiger partial charge in [0.25, 0.3) is 0 Å². The van der Waals surface area contributed by atoms with E-state index in [2.05, 4.69) is 30.7 Å². The molecule has 0 fully saturated rings. The molecule has 1 aromatic carbocycles. The minimum Gasteiger partial charge on any atom is -0.493 e. The predicted molar refractivity (Wildman–Crippen MR) is 139 cm³/mol. The Hall–Kier alpha value is -2.10. The van der Waals surface area contributed by atoms with Gasteiger partial charge in [0.05, 0.1) is 25.6 Å². The van der Waals surface area contributed by atoms with Gasteiger partial charge >= 0.3 is 0 Å². The quantitative estimate of drug-likeness (QED) is 0.199. The number of unbranched alkanes of at least 4 members (excludes halogenated alkanes) is 10. The molecule has 33 heavy (non-hydrogen) atoms. The van der Waals surface area contributed by atoms with Gasteiger partial charge in [-0.2, -0.15) is 0 Å². The molecule has 0 radical (unpaired) electrons. The van der Waals surface area contributed by atoms with Crippen LogP contribution in [0.1, 0.15) is 104 Å². The third-order valence-corrected chi connectivity index (χ3v) is 6.09. The zero-order valence-electron chi connectivity index (χ0n) is 21.4. The van der Waals surface area contributed by atoms with Crippen molar-refractivity contribution in [3.05, 3.63) is 36.7 Å². The van der Waals surface area contributed by atoms with Crippen LogP contribution in [0, 0.1) is 5.92 Å². The average molecular weight is 455 g/mol. The maximum Gasteiger partial charge on any atom is 0.159 e. The zero-order valence-corrected chi connectivity index (χ0v) is 21.4. The molecular weight excluding hydrogens is 408 g/mol. The highest BCUT2D eigenvalue weighted by Crippen LogP contribution is 2.21. The van der Waals surface area contributed by atoms with Gasteiger partial charge in [-0.15, -0.1) is 0 Å². The number of benzene rings is 1. The number of hydrogen-bond acceptors (Lipinski definition) is 4. The molecule has 1 heterocycles. The minimum absolute atomic E-state index is 0.586. The first-order valence-corrected chi connectivity index (χ1v) is 13.4. The van der Waals surface area contributed by atoms with E-state index in [0.29, 0.717) is 11.7 Å². The Balaban J connectivity index is 1.64. The van der Waals surface area contributed by atoms with Crippen molar-refractivity contribution in [2.75, 3.05) is 13.2 Å². The van der Waals surface area contributed by atoms with Crippen molar-refractivity contribution < 1.29 is 9.47 Å². The van der Waals surface area contributed by atoms with Gasteiger partial charge in [-0.3, -0.25) is 0 Å². The molecule has 0 spiro atoms. The fourth-order valence-electron chi connectivity index (χ4n) is 3.91. The molecule has 2 aromatic rings. The summed E-state index contributed by atoms with van der Waals surface area (Å²) in [5.41, 5.74) is 0.990. The van der Waals surface area contributed by atoms with Crippen LogP contribution in [0.3, 0.4) is 0 Å². The van der Waals surface area contributed by atoms with E-state index in [1.165, 1.54) is 77.0 Å². The van der Waals surface area contributed by atoms with E-state index in [0.717, 1.165) is 36.7 Å². The SMILES string of the molecule is CCCCCCCCCCOc1cnc(-c2ccc(OCC(C)CCCCCC)cc2)nc1. The Morgan fingerprint density at radius 3 is 1.88 bits per heavy atom. The Labute approximate surface area is 202 Å². The van der Waals surface area contributed by atoms with Gasteiger partial charge in [0.15, 0.2) is 11.6 Å². The van der Waals surface area contributed by atoms with Crippen molar-refractivity contribution >= 4 is 0 Å². The van der Waals surface area contributed by atoms with E-state index in [-0.39, 0.29) is 0 Å². The van der Waals surface area contributed by atoms with Gasteiger partial charge in [0.2, 0.25) is 0 Å². The van der Waals surface area contributed by atoms with E-state index < -0.39 is 0 Å². The molecule has 1 unspecified atom stereocenters. The van der Waals surface area contributed by atoms with Gasteiger partial charge in [0.1, 0.15) is 5.75 Å².